The zero-order valence-corrected chi connectivity index (χ0v) is 16.7. The Morgan fingerprint density at radius 1 is 1.06 bits per heavy atom. The maximum absolute atomic E-state index is 13.5. The number of rotatable bonds is 4. The van der Waals surface area contributed by atoms with Crippen LogP contribution in [-0.4, -0.2) is 34.8 Å². The largest absolute Gasteiger partial charge is 0.412 e. The van der Waals surface area contributed by atoms with Gasteiger partial charge in [-0.1, -0.05) is 18.2 Å². The molecule has 3 amide bonds. The van der Waals surface area contributed by atoms with Gasteiger partial charge in [0.1, 0.15) is 5.82 Å². The Balaban J connectivity index is 1.50. The van der Waals surface area contributed by atoms with Gasteiger partial charge in [-0.15, -0.1) is 0 Å². The van der Waals surface area contributed by atoms with Crippen LogP contribution in [0.5, 0.6) is 0 Å². The second kappa shape index (κ2) is 8.34. The number of hydrogen-bond donors (Lipinski definition) is 2. The SMILES string of the molecule is O=C1CCC(N2Cc3ccc(C(=O)N[C@H](c4ccc(F)cc4)C(F)(F)F)cc3C2)C(=O)N1. The Morgan fingerprint density at radius 2 is 1.75 bits per heavy atom. The van der Waals surface area contributed by atoms with Gasteiger partial charge >= 0.3 is 6.18 Å². The smallest absolute Gasteiger partial charge is 0.337 e. The normalized spacial score (nSPS) is 19.9. The highest BCUT2D eigenvalue weighted by Crippen LogP contribution is 2.33. The van der Waals surface area contributed by atoms with E-state index in [1.807, 2.05) is 10.2 Å². The summed E-state index contributed by atoms with van der Waals surface area (Å²) in [7, 11) is 0. The predicted molar refractivity (Wildman–Crippen MR) is 105 cm³/mol. The van der Waals surface area contributed by atoms with E-state index in [-0.39, 0.29) is 29.4 Å². The maximum Gasteiger partial charge on any atom is 0.412 e. The first kappa shape index (κ1) is 21.9. The molecule has 0 aliphatic carbocycles. The van der Waals surface area contributed by atoms with Crippen molar-refractivity contribution < 1.29 is 31.9 Å². The van der Waals surface area contributed by atoms with Gasteiger partial charge in [0.25, 0.3) is 5.91 Å². The van der Waals surface area contributed by atoms with Crippen molar-refractivity contribution in [2.75, 3.05) is 0 Å². The van der Waals surface area contributed by atoms with Crippen LogP contribution in [0, 0.1) is 5.82 Å². The zero-order chi connectivity index (χ0) is 23.0. The van der Waals surface area contributed by atoms with Crippen LogP contribution in [0.1, 0.15) is 45.9 Å². The van der Waals surface area contributed by atoms with Crippen LogP contribution in [0.3, 0.4) is 0 Å². The van der Waals surface area contributed by atoms with Crippen LogP contribution >= 0.6 is 0 Å². The summed E-state index contributed by atoms with van der Waals surface area (Å²) in [5, 5.41) is 4.29. The van der Waals surface area contributed by atoms with E-state index < -0.39 is 30.0 Å². The molecule has 2 heterocycles. The van der Waals surface area contributed by atoms with E-state index in [9.17, 15) is 31.9 Å². The summed E-state index contributed by atoms with van der Waals surface area (Å²) in [5.41, 5.74) is 1.35. The van der Waals surface area contributed by atoms with Crippen LogP contribution in [0.25, 0.3) is 0 Å². The molecule has 2 aliphatic heterocycles. The lowest BCUT2D eigenvalue weighted by Gasteiger charge is -2.29. The highest BCUT2D eigenvalue weighted by Gasteiger charge is 2.42. The summed E-state index contributed by atoms with van der Waals surface area (Å²) in [6.07, 6.45) is -4.15. The van der Waals surface area contributed by atoms with Crippen molar-refractivity contribution in [2.45, 2.75) is 44.2 Å². The molecule has 1 fully saturated rings. The Hall–Kier alpha value is -3.27. The molecule has 1 unspecified atom stereocenters. The number of amides is 3. The van der Waals surface area contributed by atoms with E-state index >= 15 is 0 Å². The van der Waals surface area contributed by atoms with Gasteiger partial charge in [0, 0.05) is 25.1 Å². The quantitative estimate of drug-likeness (QED) is 0.556. The van der Waals surface area contributed by atoms with Gasteiger partial charge in [-0.05, 0) is 47.4 Å². The van der Waals surface area contributed by atoms with Crippen molar-refractivity contribution in [3.8, 4) is 0 Å². The minimum Gasteiger partial charge on any atom is -0.337 e. The van der Waals surface area contributed by atoms with E-state index in [1.54, 1.807) is 6.07 Å². The van der Waals surface area contributed by atoms with Crippen molar-refractivity contribution >= 4 is 17.7 Å². The van der Waals surface area contributed by atoms with E-state index in [0.29, 0.717) is 19.5 Å². The number of imide groups is 1. The molecule has 0 bridgehead atoms. The first-order chi connectivity index (χ1) is 15.1. The number of carbonyl (C=O) groups excluding carboxylic acids is 3. The fourth-order valence-electron chi connectivity index (χ4n) is 4.04. The second-order valence-corrected chi connectivity index (χ2v) is 7.86. The van der Waals surface area contributed by atoms with Crippen molar-refractivity contribution in [1.82, 2.24) is 15.5 Å². The fraction of sp³-hybridized carbons (Fsp3) is 0.318. The average molecular weight is 449 g/mol. The van der Waals surface area contributed by atoms with Gasteiger partial charge in [0.05, 0.1) is 6.04 Å². The molecule has 0 aromatic heterocycles. The van der Waals surface area contributed by atoms with E-state index in [1.165, 1.54) is 12.1 Å². The van der Waals surface area contributed by atoms with E-state index in [2.05, 4.69) is 5.32 Å². The van der Waals surface area contributed by atoms with Gasteiger partial charge in [0.15, 0.2) is 6.04 Å². The molecule has 32 heavy (non-hydrogen) atoms. The third kappa shape index (κ3) is 4.50. The van der Waals surface area contributed by atoms with Crippen LogP contribution < -0.4 is 10.6 Å². The molecular formula is C22H19F4N3O3. The summed E-state index contributed by atoms with van der Waals surface area (Å²) in [6.45, 7) is 0.771. The predicted octanol–water partition coefficient (Wildman–Crippen LogP) is 2.98. The first-order valence-corrected chi connectivity index (χ1v) is 9.94. The summed E-state index contributed by atoms with van der Waals surface area (Å²) in [6, 6.07) is 5.58. The lowest BCUT2D eigenvalue weighted by atomic mass is 10.0. The molecule has 6 nitrogen and oxygen atoms in total. The van der Waals surface area contributed by atoms with Gasteiger partial charge in [-0.25, -0.2) is 4.39 Å². The summed E-state index contributed by atoms with van der Waals surface area (Å²) in [4.78, 5) is 38.0. The molecule has 1 saturated heterocycles. The van der Waals surface area contributed by atoms with Gasteiger partial charge in [-0.3, -0.25) is 24.6 Å². The Kier molecular flexibility index (Phi) is 5.72. The standard InChI is InChI=1S/C22H19F4N3O3/c23-16-5-3-12(4-6-16)19(22(24,25)26)28-20(31)13-1-2-14-10-29(11-15(14)9-13)17-7-8-18(30)27-21(17)32/h1-6,9,17,19H,7-8,10-11H2,(H,28,31)(H,27,30,32)/t17?,19-/m1/s1. The molecule has 2 N–H and O–H groups in total. The first-order valence-electron chi connectivity index (χ1n) is 9.94. The highest BCUT2D eigenvalue weighted by molar-refractivity contribution is 6.00. The monoisotopic (exact) mass is 449 g/mol. The molecule has 0 saturated carbocycles. The maximum atomic E-state index is 13.5. The molecule has 10 heteroatoms. The Bertz CT molecular complexity index is 1070. The van der Waals surface area contributed by atoms with Crippen molar-refractivity contribution in [2.24, 2.45) is 0 Å². The number of piperidine rings is 1. The lowest BCUT2D eigenvalue weighted by Crippen LogP contribution is -2.50. The lowest BCUT2D eigenvalue weighted by molar-refractivity contribution is -0.155. The Labute approximate surface area is 180 Å². The average Bonchev–Trinajstić information content (AvgIpc) is 3.14. The van der Waals surface area contributed by atoms with Crippen LogP contribution in [0.4, 0.5) is 17.6 Å². The van der Waals surface area contributed by atoms with Crippen LogP contribution in [0.15, 0.2) is 42.5 Å². The highest BCUT2D eigenvalue weighted by atomic mass is 19.4. The Morgan fingerprint density at radius 3 is 2.41 bits per heavy atom. The fourth-order valence-corrected chi connectivity index (χ4v) is 4.04. The molecule has 2 aromatic carbocycles. The number of alkyl halides is 3. The van der Waals surface area contributed by atoms with E-state index in [4.69, 9.17) is 0 Å². The summed E-state index contributed by atoms with van der Waals surface area (Å²) in [5.74, 6) is -2.29. The second-order valence-electron chi connectivity index (χ2n) is 7.86. The zero-order valence-electron chi connectivity index (χ0n) is 16.7. The number of fused-ring (bicyclic) bond motifs is 1. The number of hydrogen-bond acceptors (Lipinski definition) is 4. The van der Waals surface area contributed by atoms with Crippen molar-refractivity contribution in [1.29, 1.82) is 0 Å². The summed E-state index contributed by atoms with van der Waals surface area (Å²) >= 11 is 0. The third-order valence-corrected chi connectivity index (χ3v) is 5.67. The number of nitrogens with zero attached hydrogens (tertiary/aromatic N) is 1. The molecule has 2 atom stereocenters. The molecule has 2 aliphatic rings. The minimum absolute atomic E-state index is 0.0465. The van der Waals surface area contributed by atoms with Gasteiger partial charge < -0.3 is 5.32 Å². The van der Waals surface area contributed by atoms with Crippen molar-refractivity contribution in [3.63, 3.8) is 0 Å². The minimum atomic E-state index is -4.77. The third-order valence-electron chi connectivity index (χ3n) is 5.67. The topological polar surface area (TPSA) is 78.5 Å². The molecular weight excluding hydrogens is 430 g/mol. The van der Waals surface area contributed by atoms with Crippen LogP contribution in [0.2, 0.25) is 0 Å². The van der Waals surface area contributed by atoms with Gasteiger partial charge in [0.2, 0.25) is 11.8 Å². The van der Waals surface area contributed by atoms with Gasteiger partial charge in [-0.2, -0.15) is 13.2 Å². The molecule has 168 valence electrons. The number of carbonyl (C=O) groups is 3. The molecule has 0 spiro atoms. The van der Waals surface area contributed by atoms with Crippen molar-refractivity contribution in [3.05, 3.63) is 70.5 Å². The molecule has 0 radical (unpaired) electrons. The number of halogens is 4. The van der Waals surface area contributed by atoms with E-state index in [0.717, 1.165) is 35.4 Å². The molecule has 4 rings (SSSR count). The summed E-state index contributed by atoms with van der Waals surface area (Å²) < 4.78 is 53.7. The molecule has 2 aromatic rings. The number of nitrogens with one attached hydrogen (secondary N) is 2. The van der Waals surface area contributed by atoms with Crippen LogP contribution in [-0.2, 0) is 22.7 Å². The number of benzene rings is 2.